The highest BCUT2D eigenvalue weighted by molar-refractivity contribution is 5.73. The Labute approximate surface area is 85.0 Å². The fourth-order valence-corrected chi connectivity index (χ4v) is 1.43. The Morgan fingerprint density at radius 2 is 2.07 bits per heavy atom. The molecule has 82 valence electrons. The van der Waals surface area contributed by atoms with Crippen LogP contribution in [-0.4, -0.2) is 50.2 Å². The van der Waals surface area contributed by atoms with E-state index in [2.05, 4.69) is 10.6 Å². The van der Waals surface area contributed by atoms with E-state index in [0.717, 1.165) is 19.4 Å². The summed E-state index contributed by atoms with van der Waals surface area (Å²) in [6.45, 7) is 1.49. The number of carbonyl (C=O) groups is 1. The highest BCUT2D eigenvalue weighted by Crippen LogP contribution is 2.16. The molecule has 0 aliphatic heterocycles. The van der Waals surface area contributed by atoms with Gasteiger partial charge in [-0.15, -0.1) is 0 Å². The fraction of sp³-hybridized carbons (Fsp3) is 0.889. The first-order valence-corrected chi connectivity index (χ1v) is 5.03. The van der Waals surface area contributed by atoms with Gasteiger partial charge in [-0.3, -0.25) is 0 Å². The van der Waals surface area contributed by atoms with Crippen molar-refractivity contribution < 1.29 is 4.79 Å². The van der Waals surface area contributed by atoms with E-state index < -0.39 is 0 Å². The van der Waals surface area contributed by atoms with E-state index in [1.54, 1.807) is 14.1 Å². The van der Waals surface area contributed by atoms with Crippen LogP contribution >= 0.6 is 0 Å². The molecule has 1 fully saturated rings. The smallest absolute Gasteiger partial charge is 0.316 e. The minimum atomic E-state index is -0.0443. The van der Waals surface area contributed by atoms with E-state index in [-0.39, 0.29) is 6.03 Å². The van der Waals surface area contributed by atoms with Crippen molar-refractivity contribution >= 4 is 6.03 Å². The Balaban J connectivity index is 1.92. The summed E-state index contributed by atoms with van der Waals surface area (Å²) in [5, 5.41) is 6.12. The first kappa shape index (κ1) is 11.3. The largest absolute Gasteiger partial charge is 0.337 e. The van der Waals surface area contributed by atoms with E-state index in [0.29, 0.717) is 18.6 Å². The van der Waals surface area contributed by atoms with Gasteiger partial charge in [-0.2, -0.15) is 0 Å². The van der Waals surface area contributed by atoms with Crippen molar-refractivity contribution in [2.45, 2.75) is 24.9 Å². The molecule has 0 aromatic carbocycles. The summed E-state index contributed by atoms with van der Waals surface area (Å²) in [5.41, 5.74) is 5.64. The van der Waals surface area contributed by atoms with Gasteiger partial charge in [0.1, 0.15) is 0 Å². The average molecular weight is 200 g/mol. The molecular formula is C9H20N4O. The van der Waals surface area contributed by atoms with E-state index in [1.165, 1.54) is 4.90 Å². The van der Waals surface area contributed by atoms with Crippen molar-refractivity contribution in [3.63, 3.8) is 0 Å². The van der Waals surface area contributed by atoms with Crippen LogP contribution in [0.4, 0.5) is 4.79 Å². The molecule has 5 nitrogen and oxygen atoms in total. The summed E-state index contributed by atoms with van der Waals surface area (Å²) in [5.74, 6) is 0. The van der Waals surface area contributed by atoms with Crippen LogP contribution in [0.25, 0.3) is 0 Å². The number of nitrogens with two attached hydrogens (primary N) is 1. The zero-order chi connectivity index (χ0) is 10.6. The molecule has 0 radical (unpaired) electrons. The van der Waals surface area contributed by atoms with Crippen LogP contribution < -0.4 is 16.4 Å². The van der Waals surface area contributed by atoms with E-state index in [1.807, 2.05) is 0 Å². The van der Waals surface area contributed by atoms with Gasteiger partial charge in [0, 0.05) is 39.3 Å². The number of hydrogen-bond acceptors (Lipinski definition) is 3. The number of urea groups is 1. The maximum Gasteiger partial charge on any atom is 0.316 e. The number of nitrogens with one attached hydrogen (secondary N) is 2. The number of amides is 2. The Bertz CT molecular complexity index is 189. The Hall–Kier alpha value is -0.810. The normalized spacial score (nSPS) is 25.4. The number of hydrogen-bond donors (Lipinski definition) is 3. The van der Waals surface area contributed by atoms with Crippen molar-refractivity contribution in [3.8, 4) is 0 Å². The standard InChI is InChI=1S/C9H20N4O/c1-13(2)9(14)12-4-3-11-8-5-7(10)6-8/h7-8,11H,3-6,10H2,1-2H3,(H,12,14). The van der Waals surface area contributed by atoms with E-state index in [4.69, 9.17) is 5.73 Å². The third kappa shape index (κ3) is 3.51. The van der Waals surface area contributed by atoms with Gasteiger partial charge in [0.25, 0.3) is 0 Å². The van der Waals surface area contributed by atoms with Gasteiger partial charge in [-0.1, -0.05) is 0 Å². The molecule has 0 unspecified atom stereocenters. The first-order valence-electron chi connectivity index (χ1n) is 5.03. The summed E-state index contributed by atoms with van der Waals surface area (Å²) >= 11 is 0. The SMILES string of the molecule is CN(C)C(=O)NCCNC1CC(N)C1. The molecule has 1 rings (SSSR count). The number of rotatable bonds is 4. The molecule has 0 aromatic rings. The zero-order valence-electron chi connectivity index (χ0n) is 8.92. The van der Waals surface area contributed by atoms with E-state index in [9.17, 15) is 4.79 Å². The highest BCUT2D eigenvalue weighted by atomic mass is 16.2. The molecule has 2 amide bonds. The predicted molar refractivity (Wildman–Crippen MR) is 56.1 cm³/mol. The molecule has 5 heteroatoms. The maximum absolute atomic E-state index is 11.1. The van der Waals surface area contributed by atoms with Gasteiger partial charge in [0.05, 0.1) is 0 Å². The minimum absolute atomic E-state index is 0.0443. The third-order valence-electron chi connectivity index (χ3n) is 2.41. The first-order chi connectivity index (χ1) is 6.59. The molecule has 1 aliphatic rings. The van der Waals surface area contributed by atoms with Gasteiger partial charge in [-0.05, 0) is 12.8 Å². The Kier molecular flexibility index (Phi) is 4.16. The molecule has 0 heterocycles. The monoisotopic (exact) mass is 200 g/mol. The molecule has 1 saturated carbocycles. The van der Waals surface area contributed by atoms with Crippen LogP contribution in [0.3, 0.4) is 0 Å². The predicted octanol–water partition coefficient (Wildman–Crippen LogP) is -0.663. The molecule has 0 saturated heterocycles. The second-order valence-electron chi connectivity index (χ2n) is 4.01. The fourth-order valence-electron chi connectivity index (χ4n) is 1.43. The molecule has 14 heavy (non-hydrogen) atoms. The molecule has 1 aliphatic carbocycles. The van der Waals surface area contributed by atoms with Crippen LogP contribution in [0.5, 0.6) is 0 Å². The quantitative estimate of drug-likeness (QED) is 0.527. The summed E-state index contributed by atoms with van der Waals surface area (Å²) in [6, 6.07) is 0.891. The second-order valence-corrected chi connectivity index (χ2v) is 4.01. The Morgan fingerprint density at radius 3 is 2.57 bits per heavy atom. The van der Waals surface area contributed by atoms with Crippen LogP contribution in [0.1, 0.15) is 12.8 Å². The van der Waals surface area contributed by atoms with E-state index >= 15 is 0 Å². The number of carbonyl (C=O) groups excluding carboxylic acids is 1. The van der Waals surface area contributed by atoms with Crippen molar-refractivity contribution in [3.05, 3.63) is 0 Å². The van der Waals surface area contributed by atoms with Crippen molar-refractivity contribution in [2.75, 3.05) is 27.2 Å². The lowest BCUT2D eigenvalue weighted by atomic mass is 9.88. The van der Waals surface area contributed by atoms with Crippen LogP contribution in [0, 0.1) is 0 Å². The van der Waals surface area contributed by atoms with Gasteiger partial charge >= 0.3 is 6.03 Å². The van der Waals surface area contributed by atoms with Gasteiger partial charge < -0.3 is 21.3 Å². The minimum Gasteiger partial charge on any atom is -0.337 e. The summed E-state index contributed by atoms with van der Waals surface area (Å²) in [6.07, 6.45) is 2.11. The maximum atomic E-state index is 11.1. The summed E-state index contributed by atoms with van der Waals surface area (Å²) < 4.78 is 0. The van der Waals surface area contributed by atoms with Gasteiger partial charge in [0.2, 0.25) is 0 Å². The lowest BCUT2D eigenvalue weighted by Crippen LogP contribution is -2.50. The molecule has 0 atom stereocenters. The lowest BCUT2D eigenvalue weighted by Gasteiger charge is -2.33. The second kappa shape index (κ2) is 5.17. The van der Waals surface area contributed by atoms with Gasteiger partial charge in [0.15, 0.2) is 0 Å². The van der Waals surface area contributed by atoms with Crippen molar-refractivity contribution in [1.82, 2.24) is 15.5 Å². The highest BCUT2D eigenvalue weighted by Gasteiger charge is 2.24. The van der Waals surface area contributed by atoms with Crippen LogP contribution in [0.2, 0.25) is 0 Å². The molecule has 0 bridgehead atoms. The van der Waals surface area contributed by atoms with Crippen LogP contribution in [0.15, 0.2) is 0 Å². The van der Waals surface area contributed by atoms with Gasteiger partial charge in [-0.25, -0.2) is 4.79 Å². The molecule has 0 aromatic heterocycles. The zero-order valence-corrected chi connectivity index (χ0v) is 8.92. The summed E-state index contributed by atoms with van der Waals surface area (Å²) in [4.78, 5) is 12.6. The number of nitrogens with zero attached hydrogens (tertiary/aromatic N) is 1. The molecular weight excluding hydrogens is 180 g/mol. The van der Waals surface area contributed by atoms with Crippen LogP contribution in [-0.2, 0) is 0 Å². The molecule has 0 spiro atoms. The lowest BCUT2D eigenvalue weighted by molar-refractivity contribution is 0.216. The molecule has 4 N–H and O–H groups in total. The third-order valence-corrected chi connectivity index (χ3v) is 2.41. The Morgan fingerprint density at radius 1 is 1.43 bits per heavy atom. The topological polar surface area (TPSA) is 70.4 Å². The summed E-state index contributed by atoms with van der Waals surface area (Å²) in [7, 11) is 3.46. The van der Waals surface area contributed by atoms with Crippen molar-refractivity contribution in [2.24, 2.45) is 5.73 Å². The van der Waals surface area contributed by atoms with Crippen molar-refractivity contribution in [1.29, 1.82) is 0 Å². The average Bonchev–Trinajstić information content (AvgIpc) is 2.08.